The Labute approximate surface area is 154 Å². The van der Waals surface area contributed by atoms with Gasteiger partial charge in [0.15, 0.2) is 0 Å². The number of carbonyl (C=O) groups is 2. The third-order valence-corrected chi connectivity index (χ3v) is 6.37. The number of carbonyl (C=O) groups excluding carboxylic acids is 2. The van der Waals surface area contributed by atoms with Crippen LogP contribution in [-0.4, -0.2) is 45.8 Å². The van der Waals surface area contributed by atoms with E-state index in [0.717, 1.165) is 16.6 Å². The summed E-state index contributed by atoms with van der Waals surface area (Å²) in [5.74, 6) is 0.826. The zero-order chi connectivity index (χ0) is 17.5. The molecule has 0 unspecified atom stereocenters. The van der Waals surface area contributed by atoms with E-state index in [1.165, 1.54) is 32.1 Å². The Morgan fingerprint density at radius 1 is 1.32 bits per heavy atom. The van der Waals surface area contributed by atoms with Crippen LogP contribution in [0.5, 0.6) is 0 Å². The zero-order valence-electron chi connectivity index (χ0n) is 14.7. The molecule has 1 atom stereocenters. The quantitative estimate of drug-likeness (QED) is 0.759. The molecule has 0 aromatic carbocycles. The molecule has 2 aliphatic rings. The highest BCUT2D eigenvalue weighted by molar-refractivity contribution is 7.99. The monoisotopic (exact) mass is 361 g/mol. The van der Waals surface area contributed by atoms with Crippen LogP contribution in [0.25, 0.3) is 0 Å². The first-order chi connectivity index (χ1) is 12.2. The number of amides is 2. The first-order valence-electron chi connectivity index (χ1n) is 9.28. The van der Waals surface area contributed by atoms with Crippen molar-refractivity contribution in [2.45, 2.75) is 50.3 Å². The lowest BCUT2D eigenvalue weighted by Crippen LogP contribution is -2.34. The van der Waals surface area contributed by atoms with Crippen LogP contribution in [0.3, 0.4) is 0 Å². The molecular formula is C19H27N3O2S. The molecule has 1 saturated carbocycles. The number of likely N-dealkylation sites (tertiary alicyclic amines) is 1. The van der Waals surface area contributed by atoms with Gasteiger partial charge < -0.3 is 10.2 Å². The fraction of sp³-hybridized carbons (Fsp3) is 0.632. The molecule has 1 aromatic rings. The highest BCUT2D eigenvalue weighted by Gasteiger charge is 2.34. The molecule has 1 aliphatic heterocycles. The molecule has 1 aromatic heterocycles. The highest BCUT2D eigenvalue weighted by atomic mass is 32.2. The van der Waals surface area contributed by atoms with Gasteiger partial charge >= 0.3 is 0 Å². The maximum atomic E-state index is 12.3. The number of aromatic nitrogens is 1. The molecule has 1 aliphatic carbocycles. The van der Waals surface area contributed by atoms with E-state index in [2.05, 4.69) is 10.3 Å². The Kier molecular flexibility index (Phi) is 6.73. The van der Waals surface area contributed by atoms with Crippen LogP contribution in [0.4, 0.5) is 0 Å². The fourth-order valence-electron chi connectivity index (χ4n) is 3.59. The second kappa shape index (κ2) is 9.22. The molecule has 2 heterocycles. The Morgan fingerprint density at radius 2 is 2.16 bits per heavy atom. The van der Waals surface area contributed by atoms with Crippen LogP contribution in [-0.2, 0) is 16.1 Å². The van der Waals surface area contributed by atoms with E-state index in [4.69, 9.17) is 0 Å². The molecule has 2 fully saturated rings. The van der Waals surface area contributed by atoms with Crippen molar-refractivity contribution < 1.29 is 9.59 Å². The summed E-state index contributed by atoms with van der Waals surface area (Å²) in [6.45, 7) is 1.75. The minimum Gasteiger partial charge on any atom is -0.355 e. The molecule has 3 rings (SSSR count). The fourth-order valence-corrected chi connectivity index (χ4v) is 4.81. The van der Waals surface area contributed by atoms with Crippen molar-refractivity contribution in [2.24, 2.45) is 5.92 Å². The van der Waals surface area contributed by atoms with Gasteiger partial charge in [0, 0.05) is 49.5 Å². The summed E-state index contributed by atoms with van der Waals surface area (Å²) in [7, 11) is 0. The lowest BCUT2D eigenvalue weighted by atomic mass is 10.0. The van der Waals surface area contributed by atoms with Gasteiger partial charge in [-0.2, -0.15) is 11.8 Å². The van der Waals surface area contributed by atoms with E-state index >= 15 is 0 Å². The van der Waals surface area contributed by atoms with Crippen LogP contribution < -0.4 is 5.32 Å². The standard InChI is InChI=1S/C19H27N3O2S/c23-18-11-16(14-22(18)13-15-5-4-8-20-12-15)19(24)21-9-10-25-17-6-2-1-3-7-17/h4-5,8,12,16-17H,1-3,6-7,9-11,13-14H2,(H,21,24)/t16-/m1/s1. The van der Waals surface area contributed by atoms with Crippen LogP contribution in [0.1, 0.15) is 44.1 Å². The van der Waals surface area contributed by atoms with Gasteiger partial charge in [-0.25, -0.2) is 0 Å². The molecule has 0 bridgehead atoms. The largest absolute Gasteiger partial charge is 0.355 e. The van der Waals surface area contributed by atoms with Gasteiger partial charge in [-0.05, 0) is 24.5 Å². The van der Waals surface area contributed by atoms with Gasteiger partial charge in [-0.1, -0.05) is 25.3 Å². The van der Waals surface area contributed by atoms with E-state index in [9.17, 15) is 9.59 Å². The van der Waals surface area contributed by atoms with Gasteiger partial charge in [0.2, 0.25) is 11.8 Å². The van der Waals surface area contributed by atoms with E-state index in [0.29, 0.717) is 26.1 Å². The summed E-state index contributed by atoms with van der Waals surface area (Å²) in [4.78, 5) is 30.3. The van der Waals surface area contributed by atoms with Crippen molar-refractivity contribution in [1.29, 1.82) is 0 Å². The predicted octanol–water partition coefficient (Wildman–Crippen LogP) is 2.61. The van der Waals surface area contributed by atoms with Gasteiger partial charge in [0.1, 0.15) is 0 Å². The Hall–Kier alpha value is -1.56. The molecule has 2 amide bonds. The summed E-state index contributed by atoms with van der Waals surface area (Å²) in [6, 6.07) is 3.82. The Balaban J connectivity index is 1.37. The third-order valence-electron chi connectivity index (χ3n) is 4.99. The number of hydrogen-bond donors (Lipinski definition) is 1. The minimum absolute atomic E-state index is 0.0197. The van der Waals surface area contributed by atoms with Crippen LogP contribution >= 0.6 is 11.8 Å². The molecular weight excluding hydrogens is 334 g/mol. The number of thioether (sulfide) groups is 1. The van der Waals surface area contributed by atoms with Gasteiger partial charge in [-0.15, -0.1) is 0 Å². The summed E-state index contributed by atoms with van der Waals surface area (Å²) in [5, 5.41) is 3.79. The molecule has 5 nitrogen and oxygen atoms in total. The normalized spacial score (nSPS) is 21.5. The number of nitrogens with zero attached hydrogens (tertiary/aromatic N) is 2. The second-order valence-electron chi connectivity index (χ2n) is 6.96. The topological polar surface area (TPSA) is 62.3 Å². The molecule has 136 valence electrons. The van der Waals surface area contributed by atoms with Crippen molar-refractivity contribution in [3.05, 3.63) is 30.1 Å². The maximum Gasteiger partial charge on any atom is 0.225 e. The lowest BCUT2D eigenvalue weighted by Gasteiger charge is -2.21. The van der Waals surface area contributed by atoms with Crippen LogP contribution in [0.15, 0.2) is 24.5 Å². The smallest absolute Gasteiger partial charge is 0.225 e. The first kappa shape index (κ1) is 18.2. The highest BCUT2D eigenvalue weighted by Crippen LogP contribution is 2.27. The van der Waals surface area contributed by atoms with Crippen molar-refractivity contribution in [1.82, 2.24) is 15.2 Å². The van der Waals surface area contributed by atoms with Crippen molar-refractivity contribution in [3.63, 3.8) is 0 Å². The SMILES string of the molecule is O=C(NCCSC1CCCCC1)[C@@H]1CC(=O)N(Cc2cccnc2)C1. The summed E-state index contributed by atoms with van der Waals surface area (Å²) < 4.78 is 0. The average Bonchev–Trinajstić information content (AvgIpc) is 3.01. The second-order valence-corrected chi connectivity index (χ2v) is 8.37. The van der Waals surface area contributed by atoms with Gasteiger partial charge in [0.05, 0.1) is 5.92 Å². The first-order valence-corrected chi connectivity index (χ1v) is 10.3. The van der Waals surface area contributed by atoms with Crippen molar-refractivity contribution in [2.75, 3.05) is 18.8 Å². The van der Waals surface area contributed by atoms with Gasteiger partial charge in [0.25, 0.3) is 0 Å². The number of rotatable bonds is 7. The van der Waals surface area contributed by atoms with E-state index in [1.807, 2.05) is 23.9 Å². The van der Waals surface area contributed by atoms with E-state index in [-0.39, 0.29) is 17.7 Å². The molecule has 0 radical (unpaired) electrons. The number of nitrogens with one attached hydrogen (secondary N) is 1. The summed E-state index contributed by atoms with van der Waals surface area (Å²) >= 11 is 1.99. The molecule has 25 heavy (non-hydrogen) atoms. The zero-order valence-corrected chi connectivity index (χ0v) is 15.5. The van der Waals surface area contributed by atoms with Crippen LogP contribution in [0, 0.1) is 5.92 Å². The average molecular weight is 362 g/mol. The minimum atomic E-state index is -0.219. The Bertz CT molecular complexity index is 575. The lowest BCUT2D eigenvalue weighted by molar-refractivity contribution is -0.129. The maximum absolute atomic E-state index is 12.3. The molecule has 1 saturated heterocycles. The third kappa shape index (κ3) is 5.46. The molecule has 6 heteroatoms. The number of pyridine rings is 1. The van der Waals surface area contributed by atoms with E-state index < -0.39 is 0 Å². The molecule has 1 N–H and O–H groups in total. The number of hydrogen-bond acceptors (Lipinski definition) is 4. The van der Waals surface area contributed by atoms with Crippen molar-refractivity contribution in [3.8, 4) is 0 Å². The van der Waals surface area contributed by atoms with Gasteiger partial charge in [-0.3, -0.25) is 14.6 Å². The Morgan fingerprint density at radius 3 is 2.92 bits per heavy atom. The predicted molar refractivity (Wildman–Crippen MR) is 100 cm³/mol. The summed E-state index contributed by atoms with van der Waals surface area (Å²) in [6.07, 6.45) is 10.5. The van der Waals surface area contributed by atoms with Crippen molar-refractivity contribution >= 4 is 23.6 Å². The molecule has 0 spiro atoms. The van der Waals surface area contributed by atoms with Crippen LogP contribution in [0.2, 0.25) is 0 Å². The summed E-state index contributed by atoms with van der Waals surface area (Å²) in [5.41, 5.74) is 1.00. The van der Waals surface area contributed by atoms with E-state index in [1.54, 1.807) is 17.3 Å².